The Balaban J connectivity index is 2.29. The molecule has 0 aliphatic carbocycles. The van der Waals surface area contributed by atoms with Crippen molar-refractivity contribution in [3.8, 4) is 5.75 Å². The van der Waals surface area contributed by atoms with Gasteiger partial charge in [0, 0.05) is 18.2 Å². The van der Waals surface area contributed by atoms with E-state index in [0.717, 1.165) is 0 Å². The second kappa shape index (κ2) is 4.35. The quantitative estimate of drug-likeness (QED) is 0.906. The van der Waals surface area contributed by atoms with Gasteiger partial charge in [-0.1, -0.05) is 36.4 Å². The number of aliphatic hydroxyl groups is 1. The molecule has 0 aromatic heterocycles. The predicted octanol–water partition coefficient (Wildman–Crippen LogP) is 1.91. The van der Waals surface area contributed by atoms with Crippen LogP contribution in [0, 0.1) is 0 Å². The molecule has 4 heteroatoms. The van der Waals surface area contributed by atoms with Gasteiger partial charge in [0.05, 0.1) is 12.8 Å². The minimum atomic E-state index is -1.70. The Kier molecular flexibility index (Phi) is 2.76. The number of hydrogen-bond donors (Lipinski definition) is 1. The fourth-order valence-corrected chi connectivity index (χ4v) is 2.74. The summed E-state index contributed by atoms with van der Waals surface area (Å²) in [6.45, 7) is 0. The summed E-state index contributed by atoms with van der Waals surface area (Å²) in [5.74, 6) is 0.122. The van der Waals surface area contributed by atoms with Gasteiger partial charge in [0.15, 0.2) is 5.60 Å². The Bertz CT molecular complexity index is 683. The van der Waals surface area contributed by atoms with Crippen LogP contribution in [0.4, 0.5) is 5.69 Å². The smallest absolute Gasteiger partial charge is 0.268 e. The zero-order valence-corrected chi connectivity index (χ0v) is 11.3. The van der Waals surface area contributed by atoms with E-state index < -0.39 is 5.60 Å². The van der Waals surface area contributed by atoms with Gasteiger partial charge in [0.2, 0.25) is 0 Å². The molecule has 1 atom stereocenters. The van der Waals surface area contributed by atoms with E-state index in [1.54, 1.807) is 37.4 Å². The zero-order chi connectivity index (χ0) is 14.3. The summed E-state index contributed by atoms with van der Waals surface area (Å²) < 4.78 is 5.29. The van der Waals surface area contributed by atoms with E-state index in [2.05, 4.69) is 0 Å². The number of rotatable bonds is 2. The number of likely N-dealkylation sites (N-methyl/N-ethyl adjacent to an activating group) is 1. The molecule has 1 N–H and O–H groups in total. The van der Waals surface area contributed by atoms with E-state index in [1.807, 2.05) is 18.2 Å². The lowest BCUT2D eigenvalue weighted by Crippen LogP contribution is -2.39. The lowest BCUT2D eigenvalue weighted by atomic mass is 9.87. The first kappa shape index (κ1) is 12.7. The van der Waals surface area contributed by atoms with Crippen molar-refractivity contribution in [1.82, 2.24) is 0 Å². The van der Waals surface area contributed by atoms with Crippen LogP contribution in [0.3, 0.4) is 0 Å². The van der Waals surface area contributed by atoms with Gasteiger partial charge in [-0.15, -0.1) is 0 Å². The number of hydrogen-bond acceptors (Lipinski definition) is 3. The predicted molar refractivity (Wildman–Crippen MR) is 75.8 cm³/mol. The van der Waals surface area contributed by atoms with Crippen molar-refractivity contribution in [1.29, 1.82) is 0 Å². The molecule has 102 valence electrons. The Morgan fingerprint density at radius 1 is 1.05 bits per heavy atom. The summed E-state index contributed by atoms with van der Waals surface area (Å²) in [7, 11) is 3.19. The molecule has 1 amide bonds. The second-order valence-corrected chi connectivity index (χ2v) is 4.79. The topological polar surface area (TPSA) is 49.8 Å². The summed E-state index contributed by atoms with van der Waals surface area (Å²) in [6, 6.07) is 14.3. The van der Waals surface area contributed by atoms with Crippen LogP contribution in [0.25, 0.3) is 0 Å². The first-order valence-corrected chi connectivity index (χ1v) is 6.34. The monoisotopic (exact) mass is 269 g/mol. The highest BCUT2D eigenvalue weighted by molar-refractivity contribution is 6.09. The van der Waals surface area contributed by atoms with Crippen molar-refractivity contribution in [3.63, 3.8) is 0 Å². The Morgan fingerprint density at radius 2 is 1.65 bits per heavy atom. The van der Waals surface area contributed by atoms with Crippen LogP contribution >= 0.6 is 0 Å². The van der Waals surface area contributed by atoms with Crippen LogP contribution in [-0.4, -0.2) is 25.2 Å². The minimum absolute atomic E-state index is 0.372. The molecule has 0 unspecified atom stereocenters. The number of nitrogens with zero attached hydrogens (tertiary/aromatic N) is 1. The van der Waals surface area contributed by atoms with E-state index in [-0.39, 0.29) is 5.91 Å². The summed E-state index contributed by atoms with van der Waals surface area (Å²) in [5.41, 5.74) is 0.0602. The molecule has 4 nitrogen and oxygen atoms in total. The summed E-state index contributed by atoms with van der Waals surface area (Å²) in [5, 5.41) is 11.1. The molecule has 2 aromatic rings. The van der Waals surface area contributed by atoms with Crippen LogP contribution in [-0.2, 0) is 10.4 Å². The maximum Gasteiger partial charge on any atom is 0.268 e. The maximum absolute atomic E-state index is 12.6. The molecule has 1 aliphatic rings. The third-order valence-corrected chi connectivity index (χ3v) is 3.77. The molecule has 0 spiro atoms. The largest absolute Gasteiger partial charge is 0.496 e. The third-order valence-electron chi connectivity index (χ3n) is 3.77. The maximum atomic E-state index is 12.6. The SMILES string of the molecule is COc1ccccc1[C@@]1(O)C(=O)N(C)c2ccccc21. The molecule has 3 rings (SSSR count). The number of fused-ring (bicyclic) bond motifs is 1. The van der Waals surface area contributed by atoms with Gasteiger partial charge in [-0.05, 0) is 12.1 Å². The molecule has 20 heavy (non-hydrogen) atoms. The molecule has 0 saturated heterocycles. The summed E-state index contributed by atoms with van der Waals surface area (Å²) in [4.78, 5) is 14.0. The lowest BCUT2D eigenvalue weighted by molar-refractivity contribution is -0.132. The highest BCUT2D eigenvalue weighted by atomic mass is 16.5. The van der Waals surface area contributed by atoms with Gasteiger partial charge in [-0.25, -0.2) is 0 Å². The van der Waals surface area contributed by atoms with Crippen LogP contribution in [0.15, 0.2) is 48.5 Å². The van der Waals surface area contributed by atoms with Gasteiger partial charge < -0.3 is 14.7 Å². The third kappa shape index (κ3) is 1.48. The van der Waals surface area contributed by atoms with Gasteiger partial charge in [-0.2, -0.15) is 0 Å². The van der Waals surface area contributed by atoms with Crippen molar-refractivity contribution >= 4 is 11.6 Å². The van der Waals surface area contributed by atoms with Crippen LogP contribution < -0.4 is 9.64 Å². The van der Waals surface area contributed by atoms with Gasteiger partial charge >= 0.3 is 0 Å². The first-order chi connectivity index (χ1) is 9.60. The number of amides is 1. The fraction of sp³-hybridized carbons (Fsp3) is 0.188. The van der Waals surface area contributed by atoms with Crippen LogP contribution in [0.2, 0.25) is 0 Å². The molecule has 1 heterocycles. The van der Waals surface area contributed by atoms with E-state index in [0.29, 0.717) is 22.6 Å². The number of methoxy groups -OCH3 is 1. The molecular weight excluding hydrogens is 254 g/mol. The fourth-order valence-electron chi connectivity index (χ4n) is 2.74. The average molecular weight is 269 g/mol. The Hall–Kier alpha value is -2.33. The van der Waals surface area contributed by atoms with E-state index in [1.165, 1.54) is 12.0 Å². The first-order valence-electron chi connectivity index (χ1n) is 6.34. The van der Waals surface area contributed by atoms with E-state index in [4.69, 9.17) is 4.74 Å². The number of benzene rings is 2. The van der Waals surface area contributed by atoms with Gasteiger partial charge in [-0.3, -0.25) is 4.79 Å². The summed E-state index contributed by atoms with van der Waals surface area (Å²) in [6.07, 6.45) is 0. The zero-order valence-electron chi connectivity index (χ0n) is 11.3. The summed E-state index contributed by atoms with van der Waals surface area (Å²) >= 11 is 0. The van der Waals surface area contributed by atoms with Crippen molar-refractivity contribution in [2.24, 2.45) is 0 Å². The average Bonchev–Trinajstić information content (AvgIpc) is 2.70. The van der Waals surface area contributed by atoms with Crippen molar-refractivity contribution in [2.45, 2.75) is 5.60 Å². The van der Waals surface area contributed by atoms with Crippen LogP contribution in [0.5, 0.6) is 5.75 Å². The molecule has 1 aliphatic heterocycles. The van der Waals surface area contributed by atoms with Crippen molar-refractivity contribution in [3.05, 3.63) is 59.7 Å². The molecule has 0 radical (unpaired) electrons. The molecular formula is C16H15NO3. The molecule has 2 aromatic carbocycles. The Labute approximate surface area is 117 Å². The highest BCUT2D eigenvalue weighted by Crippen LogP contribution is 2.46. The molecule has 0 saturated carbocycles. The normalized spacial score (nSPS) is 20.9. The van der Waals surface area contributed by atoms with E-state index in [9.17, 15) is 9.90 Å². The number of carbonyl (C=O) groups is 1. The standard InChI is InChI=1S/C16H15NO3/c1-17-13-9-5-3-7-11(13)16(19,15(17)18)12-8-4-6-10-14(12)20-2/h3-10,19H,1-2H3/t16-/m1/s1. The van der Waals surface area contributed by atoms with Crippen LogP contribution in [0.1, 0.15) is 11.1 Å². The number of ether oxygens (including phenoxy) is 1. The number of para-hydroxylation sites is 2. The number of carbonyl (C=O) groups excluding carboxylic acids is 1. The molecule has 0 bridgehead atoms. The molecule has 0 fully saturated rings. The van der Waals surface area contributed by atoms with E-state index >= 15 is 0 Å². The lowest BCUT2D eigenvalue weighted by Gasteiger charge is -2.24. The van der Waals surface area contributed by atoms with Crippen molar-refractivity contribution in [2.75, 3.05) is 19.1 Å². The van der Waals surface area contributed by atoms with Crippen molar-refractivity contribution < 1.29 is 14.6 Å². The Morgan fingerprint density at radius 3 is 2.35 bits per heavy atom. The number of anilines is 1. The van der Waals surface area contributed by atoms with Gasteiger partial charge in [0.1, 0.15) is 5.75 Å². The second-order valence-electron chi connectivity index (χ2n) is 4.79. The highest BCUT2D eigenvalue weighted by Gasteiger charge is 2.51. The minimum Gasteiger partial charge on any atom is -0.496 e. The van der Waals surface area contributed by atoms with Gasteiger partial charge in [0.25, 0.3) is 5.91 Å².